The topological polar surface area (TPSA) is 91.2 Å². The minimum absolute atomic E-state index is 0.0426. The Morgan fingerprint density at radius 3 is 2.45 bits per heavy atom. The lowest BCUT2D eigenvalue weighted by Crippen LogP contribution is -2.20. The van der Waals surface area contributed by atoms with E-state index in [-0.39, 0.29) is 12.5 Å². The first-order valence-electron chi connectivity index (χ1n) is 9.72. The number of carbonyl (C=O) groups excluding carboxylic acids is 1. The Bertz CT molecular complexity index is 927. The van der Waals surface area contributed by atoms with Gasteiger partial charge in [0.05, 0.1) is 13.2 Å². The number of ether oxygens (including phenoxy) is 2. The lowest BCUT2D eigenvalue weighted by molar-refractivity contribution is -0.117. The molecule has 3 rings (SSSR count). The van der Waals surface area contributed by atoms with Crippen LogP contribution in [0.5, 0.6) is 11.5 Å². The third-order valence-corrected chi connectivity index (χ3v) is 3.92. The van der Waals surface area contributed by atoms with Crippen LogP contribution in [-0.4, -0.2) is 39.3 Å². The number of aromatic nitrogens is 4. The van der Waals surface area contributed by atoms with Gasteiger partial charge in [-0.3, -0.25) is 4.79 Å². The van der Waals surface area contributed by atoms with Crippen LogP contribution in [0.3, 0.4) is 0 Å². The lowest BCUT2D eigenvalue weighted by atomic mass is 10.2. The molecule has 8 nitrogen and oxygen atoms in total. The highest BCUT2D eigenvalue weighted by atomic mass is 16.5. The van der Waals surface area contributed by atoms with E-state index in [1.165, 1.54) is 4.80 Å². The third-order valence-electron chi connectivity index (χ3n) is 3.92. The highest BCUT2D eigenvalue weighted by molar-refractivity contribution is 5.90. The summed E-state index contributed by atoms with van der Waals surface area (Å²) in [5, 5.41) is 15.0. The number of rotatable bonds is 10. The molecule has 0 aliphatic rings. The monoisotopic (exact) mass is 395 g/mol. The normalized spacial score (nSPS) is 10.6. The molecule has 0 unspecified atom stereocenters. The number of nitrogens with one attached hydrogen (secondary N) is 1. The summed E-state index contributed by atoms with van der Waals surface area (Å²) in [6.07, 6.45) is 1.78. The Labute approximate surface area is 169 Å². The van der Waals surface area contributed by atoms with Gasteiger partial charge in [-0.25, -0.2) is 0 Å². The van der Waals surface area contributed by atoms with Crippen molar-refractivity contribution in [2.24, 2.45) is 0 Å². The van der Waals surface area contributed by atoms with Crippen LogP contribution in [0, 0.1) is 0 Å². The molecule has 2 aromatic carbocycles. The van der Waals surface area contributed by atoms with Crippen molar-refractivity contribution in [3.05, 3.63) is 48.5 Å². The minimum atomic E-state index is -0.259. The average Bonchev–Trinajstić information content (AvgIpc) is 3.20. The molecule has 0 spiro atoms. The molecule has 0 bridgehead atoms. The summed E-state index contributed by atoms with van der Waals surface area (Å²) in [5.74, 6) is 1.50. The highest BCUT2D eigenvalue weighted by Gasteiger charge is 2.12. The predicted octanol–water partition coefficient (Wildman–Crippen LogP) is 3.56. The van der Waals surface area contributed by atoms with Gasteiger partial charge in [0.1, 0.15) is 6.54 Å². The largest absolute Gasteiger partial charge is 0.490 e. The van der Waals surface area contributed by atoms with E-state index in [1.807, 2.05) is 44.2 Å². The van der Waals surface area contributed by atoms with E-state index in [0.29, 0.717) is 36.2 Å². The van der Waals surface area contributed by atoms with Crippen LogP contribution in [0.1, 0.15) is 26.7 Å². The van der Waals surface area contributed by atoms with E-state index >= 15 is 0 Å². The van der Waals surface area contributed by atoms with Gasteiger partial charge in [-0.2, -0.15) is 4.80 Å². The number of nitrogens with zero attached hydrogens (tertiary/aromatic N) is 4. The van der Waals surface area contributed by atoms with Crippen LogP contribution >= 0.6 is 0 Å². The van der Waals surface area contributed by atoms with E-state index in [9.17, 15) is 4.79 Å². The Balaban J connectivity index is 1.64. The van der Waals surface area contributed by atoms with E-state index in [1.54, 1.807) is 18.2 Å². The lowest BCUT2D eigenvalue weighted by Gasteiger charge is -2.14. The molecule has 0 saturated carbocycles. The van der Waals surface area contributed by atoms with Gasteiger partial charge in [0.2, 0.25) is 11.7 Å². The molecule has 0 aliphatic carbocycles. The van der Waals surface area contributed by atoms with E-state index in [4.69, 9.17) is 9.47 Å². The van der Waals surface area contributed by atoms with Crippen molar-refractivity contribution in [3.63, 3.8) is 0 Å². The summed E-state index contributed by atoms with van der Waals surface area (Å²) in [6, 6.07) is 14.8. The summed E-state index contributed by atoms with van der Waals surface area (Å²) < 4.78 is 11.5. The van der Waals surface area contributed by atoms with Crippen molar-refractivity contribution < 1.29 is 14.3 Å². The quantitative estimate of drug-likeness (QED) is 0.564. The van der Waals surface area contributed by atoms with Crippen molar-refractivity contribution in [2.75, 3.05) is 18.5 Å². The van der Waals surface area contributed by atoms with E-state index in [0.717, 1.165) is 18.4 Å². The molecule has 8 heteroatoms. The summed E-state index contributed by atoms with van der Waals surface area (Å²) in [4.78, 5) is 13.7. The Kier molecular flexibility index (Phi) is 7.16. The van der Waals surface area contributed by atoms with Gasteiger partial charge in [-0.05, 0) is 30.2 Å². The van der Waals surface area contributed by atoms with Crippen LogP contribution < -0.4 is 14.8 Å². The molecule has 3 aromatic rings. The molecule has 1 N–H and O–H groups in total. The second-order valence-electron chi connectivity index (χ2n) is 6.42. The van der Waals surface area contributed by atoms with Crippen LogP contribution in [0.15, 0.2) is 48.5 Å². The van der Waals surface area contributed by atoms with Crippen molar-refractivity contribution in [3.8, 4) is 22.9 Å². The van der Waals surface area contributed by atoms with Crippen LogP contribution in [-0.2, 0) is 11.3 Å². The van der Waals surface area contributed by atoms with Crippen molar-refractivity contribution in [1.82, 2.24) is 20.2 Å². The first kappa shape index (κ1) is 20.3. The molecule has 1 heterocycles. The molecule has 0 saturated heterocycles. The van der Waals surface area contributed by atoms with Crippen LogP contribution in [0.4, 0.5) is 5.69 Å². The fourth-order valence-corrected chi connectivity index (χ4v) is 2.58. The summed E-state index contributed by atoms with van der Waals surface area (Å²) >= 11 is 0. The number of hydrogen-bond donors (Lipinski definition) is 1. The van der Waals surface area contributed by atoms with Gasteiger partial charge >= 0.3 is 0 Å². The van der Waals surface area contributed by atoms with E-state index in [2.05, 4.69) is 20.7 Å². The number of benzene rings is 2. The second-order valence-corrected chi connectivity index (χ2v) is 6.42. The van der Waals surface area contributed by atoms with Gasteiger partial charge in [-0.15, -0.1) is 10.2 Å². The SMILES string of the molecule is CCCOc1ccc(NC(=O)Cn2nnc(-c3ccccc3)n2)cc1OCCC. The van der Waals surface area contributed by atoms with Crippen LogP contribution in [0.2, 0.25) is 0 Å². The Morgan fingerprint density at radius 2 is 1.72 bits per heavy atom. The number of anilines is 1. The van der Waals surface area contributed by atoms with Gasteiger partial charge in [-0.1, -0.05) is 44.2 Å². The van der Waals surface area contributed by atoms with Gasteiger partial charge in [0.15, 0.2) is 11.5 Å². The first-order valence-corrected chi connectivity index (χ1v) is 9.72. The molecule has 1 aromatic heterocycles. The van der Waals surface area contributed by atoms with E-state index < -0.39 is 0 Å². The third kappa shape index (κ3) is 5.78. The minimum Gasteiger partial charge on any atom is -0.490 e. The number of tetrazole rings is 1. The molecule has 0 atom stereocenters. The zero-order valence-corrected chi connectivity index (χ0v) is 16.7. The maximum Gasteiger partial charge on any atom is 0.248 e. The van der Waals surface area contributed by atoms with Gasteiger partial charge in [0, 0.05) is 17.3 Å². The Hall–Kier alpha value is -3.42. The molecule has 0 aliphatic heterocycles. The molecule has 152 valence electrons. The molecule has 29 heavy (non-hydrogen) atoms. The summed E-state index contributed by atoms with van der Waals surface area (Å²) in [6.45, 7) is 5.22. The number of carbonyl (C=O) groups is 1. The zero-order chi connectivity index (χ0) is 20.5. The first-order chi connectivity index (χ1) is 14.2. The van der Waals surface area contributed by atoms with Crippen molar-refractivity contribution in [2.45, 2.75) is 33.2 Å². The van der Waals surface area contributed by atoms with Crippen molar-refractivity contribution in [1.29, 1.82) is 0 Å². The molecule has 1 amide bonds. The fraction of sp³-hybridized carbons (Fsp3) is 0.333. The van der Waals surface area contributed by atoms with Gasteiger partial charge < -0.3 is 14.8 Å². The zero-order valence-electron chi connectivity index (χ0n) is 16.7. The number of amides is 1. The smallest absolute Gasteiger partial charge is 0.248 e. The summed E-state index contributed by atoms with van der Waals surface area (Å²) in [5.41, 5.74) is 1.47. The molecule has 0 fully saturated rings. The van der Waals surface area contributed by atoms with Gasteiger partial charge in [0.25, 0.3) is 0 Å². The maximum absolute atomic E-state index is 12.4. The molecular formula is C21H25N5O3. The standard InChI is InChI=1S/C21H25N5O3/c1-3-12-28-18-11-10-17(14-19(18)29-13-4-2)22-20(27)15-26-24-21(23-25-26)16-8-6-5-7-9-16/h5-11,14H,3-4,12-13,15H2,1-2H3,(H,22,27). The maximum atomic E-state index is 12.4. The Morgan fingerprint density at radius 1 is 1.00 bits per heavy atom. The van der Waals surface area contributed by atoms with Crippen molar-refractivity contribution >= 4 is 11.6 Å². The summed E-state index contributed by atoms with van der Waals surface area (Å²) in [7, 11) is 0. The van der Waals surface area contributed by atoms with Crippen LogP contribution in [0.25, 0.3) is 11.4 Å². The molecule has 0 radical (unpaired) electrons. The second kappa shape index (κ2) is 10.2. The highest BCUT2D eigenvalue weighted by Crippen LogP contribution is 2.31. The molecular weight excluding hydrogens is 370 g/mol. The predicted molar refractivity (Wildman–Crippen MR) is 110 cm³/mol. The fourth-order valence-electron chi connectivity index (χ4n) is 2.58. The number of hydrogen-bond acceptors (Lipinski definition) is 6. The average molecular weight is 395 g/mol.